The van der Waals surface area contributed by atoms with Crippen molar-refractivity contribution < 1.29 is 4.79 Å². The number of carbonyl (C=O) groups excluding carboxylic acids is 1. The van der Waals surface area contributed by atoms with Crippen LogP contribution in [0.2, 0.25) is 5.15 Å². The average molecular weight is 252 g/mol. The average Bonchev–Trinajstić information content (AvgIpc) is 2.85. The van der Waals surface area contributed by atoms with Crippen LogP contribution in [0.5, 0.6) is 0 Å². The van der Waals surface area contributed by atoms with Crippen LogP contribution >= 0.6 is 11.6 Å². The van der Waals surface area contributed by atoms with Crippen LogP contribution < -0.4 is 5.32 Å². The van der Waals surface area contributed by atoms with Gasteiger partial charge in [-0.1, -0.05) is 11.6 Å². The topological polar surface area (TPSA) is 45.2 Å². The van der Waals surface area contributed by atoms with Gasteiger partial charge in [-0.3, -0.25) is 4.79 Å². The third-order valence-corrected chi connectivity index (χ3v) is 3.76. The maximum atomic E-state index is 11.8. The highest BCUT2D eigenvalue weighted by Gasteiger charge is 2.42. The van der Waals surface area contributed by atoms with Gasteiger partial charge >= 0.3 is 0 Å². The summed E-state index contributed by atoms with van der Waals surface area (Å²) in [6.07, 6.45) is 4.48. The molecule has 0 aromatic carbocycles. The monoisotopic (exact) mass is 251 g/mol. The van der Waals surface area contributed by atoms with Crippen molar-refractivity contribution in [3.63, 3.8) is 0 Å². The molecule has 4 nitrogen and oxygen atoms in total. The summed E-state index contributed by atoms with van der Waals surface area (Å²) in [7, 11) is 0. The molecule has 1 aromatic rings. The van der Waals surface area contributed by atoms with Crippen LogP contribution in [0.3, 0.4) is 0 Å². The van der Waals surface area contributed by atoms with E-state index in [1.54, 1.807) is 12.3 Å². The second-order valence-corrected chi connectivity index (χ2v) is 5.01. The standard InChI is InChI=1S/C12H14ClN3O/c13-11-6-8(3-4-14-11)15-9-7-12(17)16-5-1-2-10(9)16/h3-4,6,9-10H,1-2,5,7H2,(H,14,15). The van der Waals surface area contributed by atoms with Crippen LogP contribution in [0, 0.1) is 0 Å². The molecule has 2 fully saturated rings. The second kappa shape index (κ2) is 4.18. The number of carbonyl (C=O) groups is 1. The maximum absolute atomic E-state index is 11.8. The van der Waals surface area contributed by atoms with Crippen molar-refractivity contribution in [3.05, 3.63) is 23.5 Å². The molecule has 2 aliphatic heterocycles. The number of nitrogens with zero attached hydrogens (tertiary/aromatic N) is 2. The first-order chi connectivity index (χ1) is 8.24. The zero-order valence-electron chi connectivity index (χ0n) is 9.40. The summed E-state index contributed by atoms with van der Waals surface area (Å²) in [5, 5.41) is 3.87. The highest BCUT2D eigenvalue weighted by molar-refractivity contribution is 6.29. The molecule has 17 heavy (non-hydrogen) atoms. The van der Waals surface area contributed by atoms with Gasteiger partial charge in [0.1, 0.15) is 5.15 Å². The van der Waals surface area contributed by atoms with Crippen molar-refractivity contribution >= 4 is 23.2 Å². The van der Waals surface area contributed by atoms with Crippen molar-refractivity contribution in [2.24, 2.45) is 0 Å². The number of anilines is 1. The molecule has 1 amide bonds. The predicted octanol–water partition coefficient (Wildman–Crippen LogP) is 1.91. The lowest BCUT2D eigenvalue weighted by Crippen LogP contribution is -2.34. The van der Waals surface area contributed by atoms with Crippen molar-refractivity contribution in [2.75, 3.05) is 11.9 Å². The fraction of sp³-hybridized carbons (Fsp3) is 0.500. The summed E-state index contributed by atoms with van der Waals surface area (Å²) in [6, 6.07) is 4.25. The number of hydrogen-bond acceptors (Lipinski definition) is 3. The Labute approximate surface area is 105 Å². The summed E-state index contributed by atoms with van der Waals surface area (Å²) in [5.74, 6) is 0.269. The Kier molecular flexibility index (Phi) is 2.67. The molecule has 90 valence electrons. The normalized spacial score (nSPS) is 27.4. The third-order valence-electron chi connectivity index (χ3n) is 3.56. The molecule has 0 aliphatic carbocycles. The second-order valence-electron chi connectivity index (χ2n) is 4.62. The summed E-state index contributed by atoms with van der Waals surface area (Å²) in [6.45, 7) is 0.915. The van der Waals surface area contributed by atoms with Crippen LogP contribution in [-0.2, 0) is 4.79 Å². The fourth-order valence-electron chi connectivity index (χ4n) is 2.82. The number of halogens is 1. The van der Waals surface area contributed by atoms with Crippen molar-refractivity contribution in [1.29, 1.82) is 0 Å². The van der Waals surface area contributed by atoms with E-state index in [-0.39, 0.29) is 11.9 Å². The van der Waals surface area contributed by atoms with Crippen molar-refractivity contribution in [2.45, 2.75) is 31.3 Å². The highest BCUT2D eigenvalue weighted by atomic mass is 35.5. The molecule has 1 N–H and O–H groups in total. The molecule has 0 spiro atoms. The van der Waals surface area contributed by atoms with Crippen molar-refractivity contribution in [1.82, 2.24) is 9.88 Å². The molecule has 2 atom stereocenters. The van der Waals surface area contributed by atoms with Crippen LogP contribution in [0.15, 0.2) is 18.3 Å². The van der Waals surface area contributed by atoms with Gasteiger partial charge in [-0.25, -0.2) is 4.98 Å². The number of aromatic nitrogens is 1. The zero-order valence-corrected chi connectivity index (χ0v) is 10.2. The molecular formula is C12H14ClN3O. The minimum Gasteiger partial charge on any atom is -0.380 e. The smallest absolute Gasteiger partial charge is 0.225 e. The van der Waals surface area contributed by atoms with Gasteiger partial charge in [0.2, 0.25) is 5.91 Å². The minimum absolute atomic E-state index is 0.212. The zero-order chi connectivity index (χ0) is 11.8. The maximum Gasteiger partial charge on any atom is 0.225 e. The van der Waals surface area contributed by atoms with E-state index in [0.29, 0.717) is 17.6 Å². The third kappa shape index (κ3) is 1.97. The first kappa shape index (κ1) is 10.8. The predicted molar refractivity (Wildman–Crippen MR) is 66.0 cm³/mol. The van der Waals surface area contributed by atoms with E-state index < -0.39 is 0 Å². The lowest BCUT2D eigenvalue weighted by Gasteiger charge is -2.21. The Morgan fingerprint density at radius 2 is 2.41 bits per heavy atom. The number of amides is 1. The molecule has 0 saturated carbocycles. The van der Waals surface area contributed by atoms with Gasteiger partial charge in [0.05, 0.1) is 12.1 Å². The number of nitrogens with one attached hydrogen (secondary N) is 1. The molecule has 2 aliphatic rings. The Morgan fingerprint density at radius 3 is 3.24 bits per heavy atom. The Bertz CT molecular complexity index is 451. The van der Waals surface area contributed by atoms with Crippen LogP contribution in [-0.4, -0.2) is 34.4 Å². The molecule has 5 heteroatoms. The molecule has 0 radical (unpaired) electrons. The van der Waals surface area contributed by atoms with E-state index in [1.807, 2.05) is 11.0 Å². The Balaban J connectivity index is 1.75. The Morgan fingerprint density at radius 1 is 1.53 bits per heavy atom. The van der Waals surface area contributed by atoms with Gasteiger partial charge in [-0.2, -0.15) is 0 Å². The van der Waals surface area contributed by atoms with Gasteiger partial charge in [0, 0.05) is 24.8 Å². The summed E-state index contributed by atoms with van der Waals surface area (Å²) in [5.41, 5.74) is 0.941. The van der Waals surface area contributed by atoms with Gasteiger partial charge in [-0.05, 0) is 25.0 Å². The minimum atomic E-state index is 0.212. The molecule has 0 bridgehead atoms. The highest BCUT2D eigenvalue weighted by Crippen LogP contribution is 2.31. The molecule has 2 unspecified atom stereocenters. The van der Waals surface area contributed by atoms with E-state index in [2.05, 4.69) is 10.3 Å². The van der Waals surface area contributed by atoms with Crippen LogP contribution in [0.25, 0.3) is 0 Å². The fourth-order valence-corrected chi connectivity index (χ4v) is 2.99. The number of fused-ring (bicyclic) bond motifs is 1. The summed E-state index contributed by atoms with van der Waals surface area (Å²) >= 11 is 5.84. The number of rotatable bonds is 2. The quantitative estimate of drug-likeness (QED) is 0.817. The largest absolute Gasteiger partial charge is 0.380 e. The van der Waals surface area contributed by atoms with E-state index in [4.69, 9.17) is 11.6 Å². The first-order valence-corrected chi connectivity index (χ1v) is 6.29. The number of pyridine rings is 1. The van der Waals surface area contributed by atoms with E-state index in [1.165, 1.54) is 0 Å². The van der Waals surface area contributed by atoms with E-state index in [0.717, 1.165) is 25.1 Å². The molecule has 3 heterocycles. The lowest BCUT2D eigenvalue weighted by molar-refractivity contribution is -0.127. The summed E-state index contributed by atoms with van der Waals surface area (Å²) < 4.78 is 0. The van der Waals surface area contributed by atoms with E-state index in [9.17, 15) is 4.79 Å². The van der Waals surface area contributed by atoms with Gasteiger partial charge in [-0.15, -0.1) is 0 Å². The van der Waals surface area contributed by atoms with Gasteiger partial charge in [0.15, 0.2) is 0 Å². The van der Waals surface area contributed by atoms with Gasteiger partial charge < -0.3 is 10.2 Å². The van der Waals surface area contributed by atoms with Crippen LogP contribution in [0.1, 0.15) is 19.3 Å². The lowest BCUT2D eigenvalue weighted by atomic mass is 10.1. The van der Waals surface area contributed by atoms with E-state index >= 15 is 0 Å². The SMILES string of the molecule is O=C1CC(Nc2ccnc(Cl)c2)C2CCCN12. The Hall–Kier alpha value is -1.29. The van der Waals surface area contributed by atoms with Crippen LogP contribution in [0.4, 0.5) is 5.69 Å². The first-order valence-electron chi connectivity index (χ1n) is 5.91. The molecular weight excluding hydrogens is 238 g/mol. The molecule has 3 rings (SSSR count). The molecule has 2 saturated heterocycles. The van der Waals surface area contributed by atoms with Gasteiger partial charge in [0.25, 0.3) is 0 Å². The summed E-state index contributed by atoms with van der Waals surface area (Å²) in [4.78, 5) is 17.7. The number of hydrogen-bond donors (Lipinski definition) is 1. The molecule has 1 aromatic heterocycles. The van der Waals surface area contributed by atoms with Crippen molar-refractivity contribution in [3.8, 4) is 0 Å².